The summed E-state index contributed by atoms with van der Waals surface area (Å²) in [6.45, 7) is 1.87. The highest BCUT2D eigenvalue weighted by molar-refractivity contribution is 5.78. The van der Waals surface area contributed by atoms with Gasteiger partial charge in [-0.15, -0.1) is 0 Å². The fourth-order valence-corrected chi connectivity index (χ4v) is 2.66. The third kappa shape index (κ3) is 5.57. The molecule has 2 unspecified atom stereocenters. The average molecular weight is 344 g/mol. The Hall–Kier alpha value is -2.40. The van der Waals surface area contributed by atoms with E-state index in [9.17, 15) is 14.7 Å². The van der Waals surface area contributed by atoms with Gasteiger partial charge in [-0.05, 0) is 37.8 Å². The molecule has 0 spiro atoms. The summed E-state index contributed by atoms with van der Waals surface area (Å²) in [7, 11) is 0. The molecule has 0 aliphatic heterocycles. The van der Waals surface area contributed by atoms with E-state index in [1.165, 1.54) is 17.7 Å². The maximum atomic E-state index is 12.1. The minimum Gasteiger partial charge on any atom is -0.465 e. The van der Waals surface area contributed by atoms with Crippen molar-refractivity contribution < 1.29 is 24.2 Å². The molecule has 5 heteroatoms. The second-order valence-electron chi connectivity index (χ2n) is 5.89. The Labute approximate surface area is 147 Å². The number of hydrogen-bond donors (Lipinski definition) is 1. The first-order chi connectivity index (χ1) is 12.0. The Morgan fingerprint density at radius 1 is 1.16 bits per heavy atom. The van der Waals surface area contributed by atoms with E-state index in [2.05, 4.69) is 0 Å². The number of allylic oxidation sites excluding steroid dienone is 2. The smallest absolute Gasteiger partial charge is 0.319 e. The highest BCUT2D eigenvalue weighted by Gasteiger charge is 2.43. The molecular formula is C20H24O5. The number of aryl methyl sites for hydroxylation is 1. The summed E-state index contributed by atoms with van der Waals surface area (Å²) in [5.74, 6) is -4.20. The predicted molar refractivity (Wildman–Crippen MR) is 93.4 cm³/mol. The topological polar surface area (TPSA) is 72.8 Å². The van der Waals surface area contributed by atoms with Crippen LogP contribution in [0.1, 0.15) is 31.7 Å². The summed E-state index contributed by atoms with van der Waals surface area (Å²) in [4.78, 5) is 24.0. The number of hydrogen-bond acceptors (Lipinski definition) is 5. The van der Waals surface area contributed by atoms with Crippen LogP contribution in [0.3, 0.4) is 0 Å². The maximum Gasteiger partial charge on any atom is 0.319 e. The van der Waals surface area contributed by atoms with Crippen LogP contribution in [0.2, 0.25) is 0 Å². The van der Waals surface area contributed by atoms with Crippen molar-refractivity contribution in [3.8, 4) is 0 Å². The van der Waals surface area contributed by atoms with Crippen molar-refractivity contribution in [2.75, 3.05) is 6.61 Å². The van der Waals surface area contributed by atoms with Gasteiger partial charge in [-0.25, -0.2) is 0 Å². The van der Waals surface area contributed by atoms with Crippen molar-refractivity contribution in [3.63, 3.8) is 0 Å². The number of rotatable bonds is 8. The normalized spacial score (nSPS) is 21.8. The van der Waals surface area contributed by atoms with Crippen LogP contribution in [0.25, 0.3) is 0 Å². The van der Waals surface area contributed by atoms with Crippen LogP contribution in [0, 0.1) is 5.92 Å². The van der Waals surface area contributed by atoms with Gasteiger partial charge in [0.2, 0.25) is 5.79 Å². The molecule has 0 amide bonds. The van der Waals surface area contributed by atoms with E-state index in [0.29, 0.717) is 6.42 Å². The molecule has 1 aliphatic carbocycles. The molecule has 0 aromatic heterocycles. The maximum absolute atomic E-state index is 12.1. The summed E-state index contributed by atoms with van der Waals surface area (Å²) >= 11 is 0. The lowest BCUT2D eigenvalue weighted by atomic mass is 9.93. The number of carbonyl (C=O) groups excluding carboxylic acids is 2. The predicted octanol–water partition coefficient (Wildman–Crippen LogP) is 2.94. The van der Waals surface area contributed by atoms with E-state index in [-0.39, 0.29) is 13.0 Å². The van der Waals surface area contributed by atoms with Crippen molar-refractivity contribution in [3.05, 3.63) is 60.2 Å². The SMILES string of the molecule is CCOC(=O)C1C=CC=CC1(O)OC(=O)CCCCc1ccccc1. The van der Waals surface area contributed by atoms with Gasteiger partial charge in [-0.2, -0.15) is 0 Å². The Morgan fingerprint density at radius 2 is 1.92 bits per heavy atom. The summed E-state index contributed by atoms with van der Waals surface area (Å²) in [6, 6.07) is 10.0. The molecule has 0 radical (unpaired) electrons. The van der Waals surface area contributed by atoms with Crippen LogP contribution in [-0.4, -0.2) is 29.4 Å². The van der Waals surface area contributed by atoms with E-state index in [1.807, 2.05) is 30.3 Å². The van der Waals surface area contributed by atoms with Gasteiger partial charge in [0.15, 0.2) is 0 Å². The van der Waals surface area contributed by atoms with Crippen molar-refractivity contribution in [1.82, 2.24) is 0 Å². The van der Waals surface area contributed by atoms with Gasteiger partial charge in [0.1, 0.15) is 5.92 Å². The van der Waals surface area contributed by atoms with E-state index >= 15 is 0 Å². The van der Waals surface area contributed by atoms with E-state index in [1.54, 1.807) is 19.1 Å². The van der Waals surface area contributed by atoms with Crippen molar-refractivity contribution in [1.29, 1.82) is 0 Å². The summed E-state index contributed by atoms with van der Waals surface area (Å²) < 4.78 is 10.1. The molecule has 2 atom stereocenters. The van der Waals surface area contributed by atoms with Gasteiger partial charge >= 0.3 is 11.9 Å². The lowest BCUT2D eigenvalue weighted by Crippen LogP contribution is -2.45. The first kappa shape index (κ1) is 18.9. The summed E-state index contributed by atoms with van der Waals surface area (Å²) in [5.41, 5.74) is 1.22. The highest BCUT2D eigenvalue weighted by Crippen LogP contribution is 2.28. The molecule has 5 nitrogen and oxygen atoms in total. The molecule has 1 aliphatic rings. The largest absolute Gasteiger partial charge is 0.465 e. The van der Waals surface area contributed by atoms with Gasteiger partial charge in [-0.3, -0.25) is 9.59 Å². The molecule has 1 N–H and O–H groups in total. The molecule has 2 rings (SSSR count). The van der Waals surface area contributed by atoms with Crippen LogP contribution in [0.15, 0.2) is 54.6 Å². The standard InChI is InChI=1S/C20H24O5/c1-2-24-19(22)17-13-8-9-15-20(17,23)25-18(21)14-7-6-12-16-10-4-3-5-11-16/h3-5,8-11,13,15,17,23H,2,6-7,12,14H2,1H3. The fourth-order valence-electron chi connectivity index (χ4n) is 2.66. The third-order valence-electron chi connectivity index (χ3n) is 3.95. The first-order valence-corrected chi connectivity index (χ1v) is 8.56. The van der Waals surface area contributed by atoms with Crippen LogP contribution >= 0.6 is 0 Å². The molecule has 1 aromatic carbocycles. The molecule has 25 heavy (non-hydrogen) atoms. The van der Waals surface area contributed by atoms with Crippen LogP contribution in [-0.2, 0) is 25.5 Å². The molecule has 0 saturated carbocycles. The highest BCUT2D eigenvalue weighted by atomic mass is 16.7. The molecule has 0 heterocycles. The summed E-state index contributed by atoms with van der Waals surface area (Å²) in [5, 5.41) is 10.6. The monoisotopic (exact) mass is 344 g/mol. The lowest BCUT2D eigenvalue weighted by Gasteiger charge is -2.31. The fraction of sp³-hybridized carbons (Fsp3) is 0.400. The molecular weight excluding hydrogens is 320 g/mol. The van der Waals surface area contributed by atoms with E-state index < -0.39 is 23.6 Å². The number of ether oxygens (including phenoxy) is 2. The van der Waals surface area contributed by atoms with Crippen molar-refractivity contribution >= 4 is 11.9 Å². The van der Waals surface area contributed by atoms with Crippen LogP contribution < -0.4 is 0 Å². The molecule has 0 fully saturated rings. The third-order valence-corrected chi connectivity index (χ3v) is 3.95. The van der Waals surface area contributed by atoms with Gasteiger partial charge in [0.25, 0.3) is 0 Å². The molecule has 0 bridgehead atoms. The zero-order valence-electron chi connectivity index (χ0n) is 14.4. The number of esters is 2. The van der Waals surface area contributed by atoms with Crippen molar-refractivity contribution in [2.24, 2.45) is 5.92 Å². The number of benzene rings is 1. The van der Waals surface area contributed by atoms with Crippen LogP contribution in [0.4, 0.5) is 0 Å². The Morgan fingerprint density at radius 3 is 2.64 bits per heavy atom. The molecule has 0 saturated heterocycles. The van der Waals surface area contributed by atoms with Gasteiger partial charge in [0.05, 0.1) is 6.61 Å². The zero-order chi connectivity index (χ0) is 18.1. The van der Waals surface area contributed by atoms with E-state index in [4.69, 9.17) is 9.47 Å². The molecule has 1 aromatic rings. The number of carbonyl (C=O) groups is 2. The van der Waals surface area contributed by atoms with Crippen LogP contribution in [0.5, 0.6) is 0 Å². The van der Waals surface area contributed by atoms with E-state index in [0.717, 1.165) is 12.8 Å². The molecule has 134 valence electrons. The Bertz CT molecular complexity index is 635. The Kier molecular flexibility index (Phi) is 6.95. The summed E-state index contributed by atoms with van der Waals surface area (Å²) in [6.07, 6.45) is 8.48. The minimum atomic E-state index is -1.99. The Balaban J connectivity index is 1.82. The van der Waals surface area contributed by atoms with Gasteiger partial charge < -0.3 is 14.6 Å². The first-order valence-electron chi connectivity index (χ1n) is 8.56. The zero-order valence-corrected chi connectivity index (χ0v) is 14.4. The average Bonchev–Trinajstić information content (AvgIpc) is 2.60. The van der Waals surface area contributed by atoms with Crippen molar-refractivity contribution in [2.45, 2.75) is 38.4 Å². The lowest BCUT2D eigenvalue weighted by molar-refractivity contribution is -0.209. The van der Waals surface area contributed by atoms with Gasteiger partial charge in [0, 0.05) is 6.42 Å². The van der Waals surface area contributed by atoms with Gasteiger partial charge in [-0.1, -0.05) is 48.6 Å². The second kappa shape index (κ2) is 9.18. The minimum absolute atomic E-state index is 0.183. The quantitative estimate of drug-likeness (QED) is 0.446. The second-order valence-corrected chi connectivity index (χ2v) is 5.89. The number of unbranched alkanes of at least 4 members (excludes halogenated alkanes) is 1. The number of aliphatic hydroxyl groups is 1.